The van der Waals surface area contributed by atoms with Gasteiger partial charge in [-0.1, -0.05) is 0 Å². The van der Waals surface area contributed by atoms with Gasteiger partial charge in [0.25, 0.3) is 0 Å². The second kappa shape index (κ2) is 6.20. The summed E-state index contributed by atoms with van der Waals surface area (Å²) < 4.78 is 1.80. The minimum Gasteiger partial charge on any atom is -0.332 e. The lowest BCUT2D eigenvalue weighted by Crippen LogP contribution is -2.40. The molecule has 3 rings (SSSR count). The summed E-state index contributed by atoms with van der Waals surface area (Å²) >= 11 is 1.66. The summed E-state index contributed by atoms with van der Waals surface area (Å²) in [5.41, 5.74) is 3.03. The Balaban J connectivity index is 1.78. The number of nitrogens with zero attached hydrogens (tertiary/aromatic N) is 4. The van der Waals surface area contributed by atoms with Crippen LogP contribution in [0.2, 0.25) is 0 Å². The van der Waals surface area contributed by atoms with Crippen molar-refractivity contribution in [3.8, 4) is 0 Å². The Bertz CT molecular complexity index is 675. The zero-order chi connectivity index (χ0) is 15.7. The summed E-state index contributed by atoms with van der Waals surface area (Å²) in [5, 5.41) is 7.53. The molecule has 2 aromatic rings. The number of carbonyl (C=O) groups is 1. The van der Waals surface area contributed by atoms with Gasteiger partial charge in [0, 0.05) is 23.3 Å². The van der Waals surface area contributed by atoms with E-state index in [0.717, 1.165) is 47.9 Å². The molecule has 22 heavy (non-hydrogen) atoms. The molecule has 0 spiro atoms. The first-order chi connectivity index (χ1) is 10.5. The van der Waals surface area contributed by atoms with Crippen LogP contribution in [0.4, 0.5) is 0 Å². The van der Waals surface area contributed by atoms with Gasteiger partial charge >= 0.3 is 0 Å². The molecule has 0 saturated carbocycles. The van der Waals surface area contributed by atoms with E-state index in [4.69, 9.17) is 0 Å². The molecule has 0 bridgehead atoms. The lowest BCUT2D eigenvalue weighted by Gasteiger charge is -2.34. The summed E-state index contributed by atoms with van der Waals surface area (Å²) in [6, 6.07) is 2.14. The van der Waals surface area contributed by atoms with E-state index in [1.165, 1.54) is 0 Å². The maximum absolute atomic E-state index is 12.8. The molecule has 0 aromatic carbocycles. The molecule has 1 aliphatic rings. The van der Waals surface area contributed by atoms with Crippen LogP contribution < -0.4 is 0 Å². The third-order valence-corrected chi connectivity index (χ3v) is 5.20. The Morgan fingerprint density at radius 1 is 1.32 bits per heavy atom. The largest absolute Gasteiger partial charge is 0.332 e. The van der Waals surface area contributed by atoms with Crippen LogP contribution in [0.15, 0.2) is 11.4 Å². The quantitative estimate of drug-likeness (QED) is 0.874. The first-order valence-electron chi connectivity index (χ1n) is 7.77. The zero-order valence-electron chi connectivity index (χ0n) is 13.4. The van der Waals surface area contributed by atoms with Crippen molar-refractivity contribution in [1.82, 2.24) is 19.7 Å². The standard InChI is InChI=1S/C16H22N4OS/c1-11-8-13(3)20(18-11)9-15(21)19-7-5-4-6-14(19)16-17-12(2)10-22-16/h8,10,14H,4-7,9H2,1-3H3/t14-/m0/s1. The molecule has 6 heteroatoms. The normalized spacial score (nSPS) is 18.7. The number of aryl methyl sites for hydroxylation is 3. The van der Waals surface area contributed by atoms with Crippen LogP contribution in [0.5, 0.6) is 0 Å². The lowest BCUT2D eigenvalue weighted by molar-refractivity contribution is -0.136. The average Bonchev–Trinajstić information content (AvgIpc) is 3.05. The number of aromatic nitrogens is 3. The van der Waals surface area contributed by atoms with Gasteiger partial charge < -0.3 is 4.90 Å². The summed E-state index contributed by atoms with van der Waals surface area (Å²) in [5.74, 6) is 0.142. The lowest BCUT2D eigenvalue weighted by atomic mass is 10.0. The van der Waals surface area contributed by atoms with Gasteiger partial charge in [0.15, 0.2) is 0 Å². The van der Waals surface area contributed by atoms with Crippen molar-refractivity contribution in [3.05, 3.63) is 33.5 Å². The van der Waals surface area contributed by atoms with Crippen LogP contribution in [0.3, 0.4) is 0 Å². The fraction of sp³-hybridized carbons (Fsp3) is 0.562. The highest BCUT2D eigenvalue weighted by Gasteiger charge is 2.30. The molecule has 5 nitrogen and oxygen atoms in total. The minimum absolute atomic E-state index is 0.136. The molecule has 1 amide bonds. The maximum atomic E-state index is 12.8. The van der Waals surface area contributed by atoms with Gasteiger partial charge in [0.1, 0.15) is 11.6 Å². The van der Waals surface area contributed by atoms with Crippen molar-refractivity contribution in [2.24, 2.45) is 0 Å². The number of piperidine rings is 1. The van der Waals surface area contributed by atoms with Gasteiger partial charge in [-0.15, -0.1) is 11.3 Å². The molecule has 0 N–H and O–H groups in total. The smallest absolute Gasteiger partial charge is 0.244 e. The molecule has 2 aromatic heterocycles. The van der Waals surface area contributed by atoms with Crippen molar-refractivity contribution in [1.29, 1.82) is 0 Å². The Morgan fingerprint density at radius 2 is 2.14 bits per heavy atom. The summed E-state index contributed by atoms with van der Waals surface area (Å²) in [4.78, 5) is 19.4. The van der Waals surface area contributed by atoms with E-state index in [-0.39, 0.29) is 11.9 Å². The Labute approximate surface area is 135 Å². The number of hydrogen-bond acceptors (Lipinski definition) is 4. The molecule has 1 saturated heterocycles. The van der Waals surface area contributed by atoms with E-state index >= 15 is 0 Å². The number of hydrogen-bond donors (Lipinski definition) is 0. The van der Waals surface area contributed by atoms with E-state index in [1.54, 1.807) is 16.0 Å². The van der Waals surface area contributed by atoms with E-state index in [0.29, 0.717) is 6.54 Å². The average molecular weight is 318 g/mol. The second-order valence-corrected chi connectivity index (χ2v) is 6.90. The molecule has 0 radical (unpaired) electrons. The van der Waals surface area contributed by atoms with Crippen LogP contribution in [0, 0.1) is 20.8 Å². The van der Waals surface area contributed by atoms with Crippen molar-refractivity contribution in [3.63, 3.8) is 0 Å². The number of rotatable bonds is 3. The molecular formula is C16H22N4OS. The van der Waals surface area contributed by atoms with Gasteiger partial charge in [-0.2, -0.15) is 5.10 Å². The van der Waals surface area contributed by atoms with Crippen LogP contribution in [0.1, 0.15) is 47.4 Å². The van der Waals surface area contributed by atoms with Gasteiger partial charge in [-0.05, 0) is 46.1 Å². The van der Waals surface area contributed by atoms with Crippen LogP contribution >= 0.6 is 11.3 Å². The maximum Gasteiger partial charge on any atom is 0.244 e. The SMILES string of the molecule is Cc1csc([C@@H]2CCCCN2C(=O)Cn2nc(C)cc2C)n1. The molecule has 3 heterocycles. The summed E-state index contributed by atoms with van der Waals surface area (Å²) in [7, 11) is 0. The van der Waals surface area contributed by atoms with Gasteiger partial charge in [0.05, 0.1) is 11.7 Å². The van der Waals surface area contributed by atoms with Crippen LogP contribution in [-0.2, 0) is 11.3 Å². The molecule has 1 aliphatic heterocycles. The zero-order valence-corrected chi connectivity index (χ0v) is 14.2. The van der Waals surface area contributed by atoms with E-state index < -0.39 is 0 Å². The van der Waals surface area contributed by atoms with Crippen molar-refractivity contribution < 1.29 is 4.79 Å². The number of likely N-dealkylation sites (tertiary alicyclic amines) is 1. The predicted molar refractivity (Wildman–Crippen MR) is 86.9 cm³/mol. The number of carbonyl (C=O) groups excluding carboxylic acids is 1. The first kappa shape index (κ1) is 15.2. The topological polar surface area (TPSA) is 51.0 Å². The number of amides is 1. The minimum atomic E-state index is 0.136. The Kier molecular flexibility index (Phi) is 4.29. The highest BCUT2D eigenvalue weighted by Crippen LogP contribution is 2.32. The monoisotopic (exact) mass is 318 g/mol. The third-order valence-electron chi connectivity index (χ3n) is 4.13. The van der Waals surface area contributed by atoms with E-state index in [2.05, 4.69) is 15.5 Å². The Morgan fingerprint density at radius 3 is 2.77 bits per heavy atom. The molecular weight excluding hydrogens is 296 g/mol. The van der Waals surface area contributed by atoms with E-state index in [9.17, 15) is 4.79 Å². The van der Waals surface area contributed by atoms with Gasteiger partial charge in [0.2, 0.25) is 5.91 Å². The predicted octanol–water partition coefficient (Wildman–Crippen LogP) is 3.02. The Hall–Kier alpha value is -1.69. The van der Waals surface area contributed by atoms with Crippen LogP contribution in [-0.4, -0.2) is 32.1 Å². The van der Waals surface area contributed by atoms with E-state index in [1.807, 2.05) is 31.7 Å². The molecule has 118 valence electrons. The molecule has 0 unspecified atom stereocenters. The van der Waals surface area contributed by atoms with Crippen molar-refractivity contribution in [2.45, 2.75) is 52.6 Å². The fourth-order valence-corrected chi connectivity index (χ4v) is 4.01. The van der Waals surface area contributed by atoms with Crippen molar-refractivity contribution in [2.75, 3.05) is 6.54 Å². The fourth-order valence-electron chi connectivity index (χ4n) is 3.07. The molecule has 0 aliphatic carbocycles. The summed E-state index contributed by atoms with van der Waals surface area (Å²) in [6.07, 6.45) is 3.24. The van der Waals surface area contributed by atoms with Gasteiger partial charge in [-0.25, -0.2) is 4.98 Å². The van der Waals surface area contributed by atoms with Gasteiger partial charge in [-0.3, -0.25) is 9.48 Å². The highest BCUT2D eigenvalue weighted by molar-refractivity contribution is 7.09. The summed E-state index contributed by atoms with van der Waals surface area (Å²) in [6.45, 7) is 7.09. The molecule has 1 fully saturated rings. The molecule has 1 atom stereocenters. The second-order valence-electron chi connectivity index (χ2n) is 6.01. The van der Waals surface area contributed by atoms with Crippen molar-refractivity contribution >= 4 is 17.2 Å². The highest BCUT2D eigenvalue weighted by atomic mass is 32.1. The number of thiazole rings is 1. The third kappa shape index (κ3) is 3.06. The van der Waals surface area contributed by atoms with Crippen LogP contribution in [0.25, 0.3) is 0 Å². The first-order valence-corrected chi connectivity index (χ1v) is 8.65.